The Morgan fingerprint density at radius 1 is 0.722 bits per heavy atom. The second kappa shape index (κ2) is 15.7. The van der Waals surface area contributed by atoms with Gasteiger partial charge in [0.25, 0.3) is 0 Å². The number of aromatic nitrogens is 3. The summed E-state index contributed by atoms with van der Waals surface area (Å²) < 4.78 is 10.9. The van der Waals surface area contributed by atoms with Crippen LogP contribution < -0.4 is 21.7 Å². The lowest BCUT2D eigenvalue weighted by Crippen LogP contribution is -2.18. The van der Waals surface area contributed by atoms with Crippen molar-refractivity contribution >= 4 is 17.8 Å². The molecule has 0 aliphatic heterocycles. The fraction of sp³-hybridized carbons (Fsp3) is 0.444. The zero-order chi connectivity index (χ0) is 25.4. The Balaban J connectivity index is 1.57. The van der Waals surface area contributed by atoms with Crippen LogP contribution in [0, 0.1) is 0 Å². The van der Waals surface area contributed by atoms with E-state index >= 15 is 0 Å². The zero-order valence-corrected chi connectivity index (χ0v) is 21.4. The number of benzene rings is 2. The second-order valence-electron chi connectivity index (χ2n) is 8.65. The van der Waals surface area contributed by atoms with Crippen molar-refractivity contribution in [2.45, 2.75) is 39.3 Å². The van der Waals surface area contributed by atoms with Crippen molar-refractivity contribution in [3.63, 3.8) is 0 Å². The number of hydrogen-bond acceptors (Lipinski definition) is 9. The van der Waals surface area contributed by atoms with Crippen molar-refractivity contribution in [2.24, 2.45) is 5.73 Å². The van der Waals surface area contributed by atoms with Gasteiger partial charge in [0.1, 0.15) is 0 Å². The molecule has 36 heavy (non-hydrogen) atoms. The molecule has 0 saturated carbocycles. The van der Waals surface area contributed by atoms with Gasteiger partial charge in [0, 0.05) is 25.7 Å². The molecule has 0 saturated heterocycles. The molecular weight excluding hydrogens is 454 g/mol. The fourth-order valence-corrected chi connectivity index (χ4v) is 3.57. The molecule has 194 valence electrons. The third-order valence-electron chi connectivity index (χ3n) is 5.30. The quantitative estimate of drug-likeness (QED) is 0.209. The summed E-state index contributed by atoms with van der Waals surface area (Å²) in [7, 11) is 0. The van der Waals surface area contributed by atoms with Crippen LogP contribution in [0.5, 0.6) is 0 Å². The lowest BCUT2D eigenvalue weighted by Gasteiger charge is -2.14. The molecule has 3 aromatic rings. The maximum absolute atomic E-state index is 5.57. The molecule has 1 aromatic heterocycles. The summed E-state index contributed by atoms with van der Waals surface area (Å²) in [5.41, 5.74) is 9.28. The molecule has 5 N–H and O–H groups in total. The third-order valence-corrected chi connectivity index (χ3v) is 5.30. The minimum Gasteiger partial charge on any atom is -0.378 e. The number of ether oxygens (including phenoxy) is 2. The Bertz CT molecular complexity index is 1020. The minimum absolute atomic E-state index is 0.198. The molecule has 0 atom stereocenters. The van der Waals surface area contributed by atoms with Crippen LogP contribution in [0.2, 0.25) is 0 Å². The number of aryl methyl sites for hydroxylation is 2. The molecule has 9 heteroatoms. The van der Waals surface area contributed by atoms with E-state index in [1.54, 1.807) is 0 Å². The molecule has 1 heterocycles. The second-order valence-corrected chi connectivity index (χ2v) is 8.65. The Morgan fingerprint density at radius 3 is 2.08 bits per heavy atom. The van der Waals surface area contributed by atoms with Gasteiger partial charge in [-0.3, -0.25) is 0 Å². The topological polar surface area (TPSA) is 119 Å². The number of nitrogens with two attached hydrogens (primary N) is 1. The molecule has 9 nitrogen and oxygen atoms in total. The first kappa shape index (κ1) is 27.3. The number of nitrogens with zero attached hydrogens (tertiary/aromatic N) is 3. The summed E-state index contributed by atoms with van der Waals surface area (Å²) in [6.07, 6.45) is 1.98. The first-order valence-corrected chi connectivity index (χ1v) is 12.6. The van der Waals surface area contributed by atoms with Gasteiger partial charge in [-0.1, -0.05) is 54.6 Å². The summed E-state index contributed by atoms with van der Waals surface area (Å²) in [4.78, 5) is 13.6. The van der Waals surface area contributed by atoms with Crippen molar-refractivity contribution in [3.8, 4) is 0 Å². The van der Waals surface area contributed by atoms with Gasteiger partial charge in [0.05, 0.1) is 26.4 Å². The lowest BCUT2D eigenvalue weighted by atomic mass is 10.00. The largest absolute Gasteiger partial charge is 0.378 e. The number of rotatable bonds is 17. The van der Waals surface area contributed by atoms with E-state index < -0.39 is 0 Å². The summed E-state index contributed by atoms with van der Waals surface area (Å²) >= 11 is 0. The van der Waals surface area contributed by atoms with E-state index in [9.17, 15) is 0 Å². The van der Waals surface area contributed by atoms with Gasteiger partial charge >= 0.3 is 0 Å². The zero-order valence-electron chi connectivity index (χ0n) is 21.4. The van der Waals surface area contributed by atoms with Crippen LogP contribution in [0.1, 0.15) is 30.5 Å². The SMILES string of the molecule is CC(C)Nc1nc(NCCOCCOCCN)nc(NCc2ccccc2CCc2ccccc2)n1. The highest BCUT2D eigenvalue weighted by Crippen LogP contribution is 2.16. The highest BCUT2D eigenvalue weighted by atomic mass is 16.5. The first-order valence-electron chi connectivity index (χ1n) is 12.6. The maximum atomic E-state index is 5.57. The van der Waals surface area contributed by atoms with Crippen LogP contribution in [0.15, 0.2) is 54.6 Å². The van der Waals surface area contributed by atoms with Crippen molar-refractivity contribution in [3.05, 3.63) is 71.3 Å². The summed E-state index contributed by atoms with van der Waals surface area (Å²) in [5.74, 6) is 1.54. The van der Waals surface area contributed by atoms with Crippen LogP contribution in [0.4, 0.5) is 17.8 Å². The molecule has 0 spiro atoms. The van der Waals surface area contributed by atoms with E-state index in [-0.39, 0.29) is 6.04 Å². The average molecular weight is 494 g/mol. The van der Waals surface area contributed by atoms with Gasteiger partial charge in [-0.15, -0.1) is 0 Å². The molecule has 0 aliphatic carbocycles. The number of anilines is 3. The summed E-state index contributed by atoms with van der Waals surface area (Å²) in [5, 5.41) is 9.87. The first-order chi connectivity index (χ1) is 17.6. The van der Waals surface area contributed by atoms with E-state index in [4.69, 9.17) is 15.2 Å². The highest BCUT2D eigenvalue weighted by molar-refractivity contribution is 5.43. The van der Waals surface area contributed by atoms with Crippen molar-refractivity contribution < 1.29 is 9.47 Å². The monoisotopic (exact) mass is 493 g/mol. The molecule has 0 aliphatic rings. The number of nitrogens with one attached hydrogen (secondary N) is 3. The number of hydrogen-bond donors (Lipinski definition) is 4. The normalized spacial score (nSPS) is 11.0. The van der Waals surface area contributed by atoms with Crippen molar-refractivity contribution in [2.75, 3.05) is 55.5 Å². The van der Waals surface area contributed by atoms with Gasteiger partial charge in [-0.25, -0.2) is 0 Å². The Kier molecular flexibility index (Phi) is 11.9. The van der Waals surface area contributed by atoms with Crippen molar-refractivity contribution in [1.82, 2.24) is 15.0 Å². The van der Waals surface area contributed by atoms with E-state index in [1.165, 1.54) is 16.7 Å². The van der Waals surface area contributed by atoms with Gasteiger partial charge in [-0.2, -0.15) is 15.0 Å². The highest BCUT2D eigenvalue weighted by Gasteiger charge is 2.09. The molecule has 0 fully saturated rings. The molecule has 0 bridgehead atoms. The van der Waals surface area contributed by atoms with Crippen LogP contribution in [-0.2, 0) is 28.9 Å². The molecule has 0 amide bonds. The smallest absolute Gasteiger partial charge is 0.229 e. The van der Waals surface area contributed by atoms with E-state index in [1.807, 2.05) is 13.8 Å². The minimum atomic E-state index is 0.198. The van der Waals surface area contributed by atoms with Gasteiger partial charge < -0.3 is 31.2 Å². The van der Waals surface area contributed by atoms with E-state index in [2.05, 4.69) is 85.5 Å². The van der Waals surface area contributed by atoms with Crippen molar-refractivity contribution in [1.29, 1.82) is 0 Å². The van der Waals surface area contributed by atoms with E-state index in [0.717, 1.165) is 12.8 Å². The standard InChI is InChI=1S/C27H39N7O2/c1-21(2)31-27-33-25(29-15-17-36-19-18-35-16-14-28)32-26(34-27)30-20-24-11-7-6-10-23(24)13-12-22-8-4-3-5-9-22/h3-11,21H,12-20,28H2,1-2H3,(H3,29,30,31,32,33,34). The molecular formula is C27H39N7O2. The summed E-state index contributed by atoms with van der Waals surface area (Å²) in [6, 6.07) is 19.3. The summed E-state index contributed by atoms with van der Waals surface area (Å²) in [6.45, 7) is 7.94. The Morgan fingerprint density at radius 2 is 1.36 bits per heavy atom. The molecule has 0 unspecified atom stereocenters. The van der Waals surface area contributed by atoms with E-state index in [0.29, 0.717) is 63.9 Å². The average Bonchev–Trinajstić information content (AvgIpc) is 2.88. The lowest BCUT2D eigenvalue weighted by molar-refractivity contribution is 0.0547. The van der Waals surface area contributed by atoms with Gasteiger partial charge in [-0.05, 0) is 43.4 Å². The van der Waals surface area contributed by atoms with Crippen LogP contribution in [0.25, 0.3) is 0 Å². The predicted molar refractivity (Wildman–Crippen MR) is 145 cm³/mol. The maximum Gasteiger partial charge on any atom is 0.229 e. The Hall–Kier alpha value is -3.27. The Labute approximate surface area is 214 Å². The van der Waals surface area contributed by atoms with Crippen LogP contribution in [-0.4, -0.2) is 60.5 Å². The molecule has 2 aromatic carbocycles. The van der Waals surface area contributed by atoms with Crippen LogP contribution >= 0.6 is 0 Å². The van der Waals surface area contributed by atoms with Gasteiger partial charge in [0.2, 0.25) is 17.8 Å². The van der Waals surface area contributed by atoms with Crippen LogP contribution in [0.3, 0.4) is 0 Å². The van der Waals surface area contributed by atoms with Gasteiger partial charge in [0.15, 0.2) is 0 Å². The fourth-order valence-electron chi connectivity index (χ4n) is 3.57. The predicted octanol–water partition coefficient (Wildman–Crippen LogP) is 3.49. The molecule has 0 radical (unpaired) electrons. The third kappa shape index (κ3) is 10.2. The molecule has 3 rings (SSSR count).